The summed E-state index contributed by atoms with van der Waals surface area (Å²) in [5, 5.41) is 14.8. The Hall–Kier alpha value is -2.65. The zero-order valence-corrected chi connectivity index (χ0v) is 11.5. The monoisotopic (exact) mass is 288 g/mol. The van der Waals surface area contributed by atoms with Gasteiger partial charge in [-0.25, -0.2) is 4.39 Å². The Bertz CT molecular complexity index is 741. The summed E-state index contributed by atoms with van der Waals surface area (Å²) in [6, 6.07) is 3.96. The number of hydrogen-bond donors (Lipinski definition) is 2. The second kappa shape index (κ2) is 6.20. The maximum Gasteiger partial charge on any atom is 0.261 e. The molecule has 1 aromatic carbocycles. The van der Waals surface area contributed by atoms with Crippen LogP contribution in [-0.2, 0) is 0 Å². The molecule has 1 aromatic heterocycles. The van der Waals surface area contributed by atoms with Crippen LogP contribution in [0, 0.1) is 31.5 Å². The molecule has 0 fully saturated rings. The van der Waals surface area contributed by atoms with Gasteiger partial charge in [0.1, 0.15) is 12.4 Å². The maximum atomic E-state index is 13.9. The average Bonchev–Trinajstić information content (AvgIpc) is 2.77. The van der Waals surface area contributed by atoms with Gasteiger partial charge in [0.25, 0.3) is 5.91 Å². The quantitative estimate of drug-likeness (QED) is 0.829. The lowest BCUT2D eigenvalue weighted by atomic mass is 10.1. The maximum absolute atomic E-state index is 13.9. The lowest BCUT2D eigenvalue weighted by Crippen LogP contribution is -2.14. The predicted octanol–water partition coefficient (Wildman–Crippen LogP) is 2.03. The number of aryl methyl sites for hydroxylation is 1. The van der Waals surface area contributed by atoms with Gasteiger partial charge in [0.05, 0.1) is 11.3 Å². The summed E-state index contributed by atoms with van der Waals surface area (Å²) in [5.74, 6) is 3.83. The molecule has 0 aliphatic rings. The largest absolute Gasteiger partial charge is 0.384 e. The highest BCUT2D eigenvalue weighted by molar-refractivity contribution is 6.04. The molecule has 0 unspecified atom stereocenters. The summed E-state index contributed by atoms with van der Waals surface area (Å²) in [5.41, 5.74) is 1.59. The minimum Gasteiger partial charge on any atom is -0.384 e. The van der Waals surface area contributed by atoms with Crippen molar-refractivity contribution in [2.45, 2.75) is 13.8 Å². The topological polar surface area (TPSA) is 75.4 Å². The van der Waals surface area contributed by atoms with Crippen LogP contribution in [0.1, 0.15) is 27.2 Å². The van der Waals surface area contributed by atoms with E-state index in [-0.39, 0.29) is 18.1 Å². The molecular formula is C15H13FN2O3. The first-order valence-corrected chi connectivity index (χ1v) is 6.16. The molecule has 2 N–H and O–H groups in total. The van der Waals surface area contributed by atoms with Crippen LogP contribution >= 0.6 is 0 Å². The molecule has 0 saturated heterocycles. The van der Waals surface area contributed by atoms with E-state index in [1.807, 2.05) is 0 Å². The van der Waals surface area contributed by atoms with Crippen molar-refractivity contribution >= 4 is 11.8 Å². The highest BCUT2D eigenvalue weighted by Crippen LogP contribution is 2.19. The fraction of sp³-hybridized carbons (Fsp3) is 0.200. The Kier molecular flexibility index (Phi) is 4.36. The molecule has 0 radical (unpaired) electrons. The van der Waals surface area contributed by atoms with Crippen LogP contribution in [0.4, 0.5) is 10.3 Å². The molecule has 2 rings (SSSR count). The van der Waals surface area contributed by atoms with Gasteiger partial charge in [-0.2, -0.15) is 0 Å². The molecule has 21 heavy (non-hydrogen) atoms. The first-order chi connectivity index (χ1) is 10.0. The predicted molar refractivity (Wildman–Crippen MR) is 74.3 cm³/mol. The SMILES string of the molecule is Cc1noc(NC(=O)c2ccc(C#CCO)cc2F)c1C. The van der Waals surface area contributed by atoms with Gasteiger partial charge in [-0.1, -0.05) is 17.0 Å². The van der Waals surface area contributed by atoms with E-state index in [1.54, 1.807) is 13.8 Å². The van der Waals surface area contributed by atoms with Gasteiger partial charge in [0.2, 0.25) is 5.88 Å². The van der Waals surface area contributed by atoms with Crippen LogP contribution in [0.15, 0.2) is 22.7 Å². The average molecular weight is 288 g/mol. The zero-order chi connectivity index (χ0) is 15.4. The fourth-order valence-corrected chi connectivity index (χ4v) is 1.62. The Morgan fingerprint density at radius 1 is 1.48 bits per heavy atom. The summed E-state index contributed by atoms with van der Waals surface area (Å²) >= 11 is 0. The van der Waals surface area contributed by atoms with Crippen molar-refractivity contribution in [3.05, 3.63) is 46.4 Å². The third kappa shape index (κ3) is 3.27. The third-order valence-corrected chi connectivity index (χ3v) is 2.91. The van der Waals surface area contributed by atoms with Crippen molar-refractivity contribution in [2.75, 3.05) is 11.9 Å². The lowest BCUT2D eigenvalue weighted by Gasteiger charge is -2.04. The van der Waals surface area contributed by atoms with E-state index in [9.17, 15) is 9.18 Å². The number of amides is 1. The van der Waals surface area contributed by atoms with Gasteiger partial charge in [-0.05, 0) is 32.0 Å². The standard InChI is InChI=1S/C15H13FN2O3/c1-9-10(2)18-21-15(9)17-14(20)12-6-5-11(4-3-7-19)8-13(12)16/h5-6,8,19H,7H2,1-2H3,(H,17,20). The number of aliphatic hydroxyl groups excluding tert-OH is 1. The number of aromatic nitrogens is 1. The highest BCUT2D eigenvalue weighted by atomic mass is 19.1. The van der Waals surface area contributed by atoms with Crippen molar-refractivity contribution in [3.8, 4) is 11.8 Å². The van der Waals surface area contributed by atoms with Crippen molar-refractivity contribution in [1.29, 1.82) is 0 Å². The van der Waals surface area contributed by atoms with Crippen molar-refractivity contribution in [2.24, 2.45) is 0 Å². The van der Waals surface area contributed by atoms with Crippen LogP contribution in [0.3, 0.4) is 0 Å². The number of nitrogens with one attached hydrogen (secondary N) is 1. The molecule has 0 saturated carbocycles. The summed E-state index contributed by atoms with van der Waals surface area (Å²) in [6.45, 7) is 3.17. The minimum absolute atomic E-state index is 0.127. The van der Waals surface area contributed by atoms with Gasteiger partial charge in [-0.15, -0.1) is 0 Å². The molecule has 0 bridgehead atoms. The van der Waals surface area contributed by atoms with Crippen molar-refractivity contribution in [1.82, 2.24) is 5.16 Å². The van der Waals surface area contributed by atoms with E-state index >= 15 is 0 Å². The number of benzene rings is 1. The molecule has 0 aliphatic heterocycles. The van der Waals surface area contributed by atoms with E-state index in [1.165, 1.54) is 12.1 Å². The van der Waals surface area contributed by atoms with Crippen LogP contribution in [0.2, 0.25) is 0 Å². The summed E-state index contributed by atoms with van der Waals surface area (Å²) < 4.78 is 18.8. The van der Waals surface area contributed by atoms with Crippen molar-refractivity contribution < 1.29 is 18.8 Å². The van der Waals surface area contributed by atoms with E-state index in [4.69, 9.17) is 9.63 Å². The first-order valence-electron chi connectivity index (χ1n) is 6.16. The van der Waals surface area contributed by atoms with Crippen LogP contribution in [-0.4, -0.2) is 22.8 Å². The molecule has 108 valence electrons. The van der Waals surface area contributed by atoms with Crippen LogP contribution < -0.4 is 5.32 Å². The van der Waals surface area contributed by atoms with Crippen LogP contribution in [0.5, 0.6) is 0 Å². The molecule has 6 heteroatoms. The lowest BCUT2D eigenvalue weighted by molar-refractivity contribution is 0.102. The fourth-order valence-electron chi connectivity index (χ4n) is 1.62. The Balaban J connectivity index is 2.22. The number of anilines is 1. The second-order valence-corrected chi connectivity index (χ2v) is 4.33. The second-order valence-electron chi connectivity index (χ2n) is 4.33. The van der Waals surface area contributed by atoms with Crippen LogP contribution in [0.25, 0.3) is 0 Å². The molecule has 2 aromatic rings. The summed E-state index contributed by atoms with van der Waals surface area (Å²) in [4.78, 5) is 12.0. The Labute approximate surface area is 120 Å². The zero-order valence-electron chi connectivity index (χ0n) is 11.5. The first kappa shape index (κ1) is 14.8. The van der Waals surface area contributed by atoms with Crippen molar-refractivity contribution in [3.63, 3.8) is 0 Å². The minimum atomic E-state index is -0.703. The number of aliphatic hydroxyl groups is 1. The van der Waals surface area contributed by atoms with E-state index in [0.717, 1.165) is 6.07 Å². The van der Waals surface area contributed by atoms with Gasteiger partial charge in [-0.3, -0.25) is 10.1 Å². The van der Waals surface area contributed by atoms with E-state index < -0.39 is 11.7 Å². The normalized spacial score (nSPS) is 9.90. The summed E-state index contributed by atoms with van der Waals surface area (Å²) in [7, 11) is 0. The Morgan fingerprint density at radius 3 is 2.81 bits per heavy atom. The molecule has 0 spiro atoms. The number of nitrogens with zero attached hydrogens (tertiary/aromatic N) is 1. The number of carbonyl (C=O) groups excluding carboxylic acids is 1. The number of halogens is 1. The van der Waals surface area contributed by atoms with Gasteiger partial charge >= 0.3 is 0 Å². The van der Waals surface area contributed by atoms with E-state index in [2.05, 4.69) is 22.3 Å². The van der Waals surface area contributed by atoms with Gasteiger partial charge in [0.15, 0.2) is 0 Å². The number of rotatable bonds is 2. The Morgan fingerprint density at radius 2 is 2.24 bits per heavy atom. The number of hydrogen-bond acceptors (Lipinski definition) is 4. The molecular weight excluding hydrogens is 275 g/mol. The highest BCUT2D eigenvalue weighted by Gasteiger charge is 2.16. The number of carbonyl (C=O) groups is 1. The van der Waals surface area contributed by atoms with Gasteiger partial charge in [0, 0.05) is 11.1 Å². The summed E-state index contributed by atoms with van der Waals surface area (Å²) in [6.07, 6.45) is 0. The third-order valence-electron chi connectivity index (χ3n) is 2.91. The molecule has 1 amide bonds. The molecule has 0 atom stereocenters. The molecule has 1 heterocycles. The molecule has 5 nitrogen and oxygen atoms in total. The molecule has 0 aliphatic carbocycles. The smallest absolute Gasteiger partial charge is 0.261 e. The van der Waals surface area contributed by atoms with Gasteiger partial charge < -0.3 is 9.63 Å². The van der Waals surface area contributed by atoms with E-state index in [0.29, 0.717) is 16.8 Å².